The Bertz CT molecular complexity index is 421. The standard InChI is InChI=1S/C16H23BrINO/c1-2-7-19-16(10-12-5-8-20-9-6-12)14-11-13(18)3-4-15(14)17/h3-4,11-12,16,19H,2,5-10H2,1H3. The SMILES string of the molecule is CCCNC(CC1CCOCC1)c1cc(I)ccc1Br. The van der Waals surface area contributed by atoms with E-state index < -0.39 is 0 Å². The zero-order chi connectivity index (χ0) is 14.4. The first-order valence-electron chi connectivity index (χ1n) is 7.46. The van der Waals surface area contributed by atoms with E-state index in [0.29, 0.717) is 6.04 Å². The van der Waals surface area contributed by atoms with Crippen molar-refractivity contribution in [2.45, 2.75) is 38.6 Å². The fourth-order valence-electron chi connectivity index (χ4n) is 2.74. The zero-order valence-electron chi connectivity index (χ0n) is 12.0. The van der Waals surface area contributed by atoms with Crippen molar-refractivity contribution in [1.29, 1.82) is 0 Å². The highest BCUT2D eigenvalue weighted by Gasteiger charge is 2.21. The van der Waals surface area contributed by atoms with Crippen molar-refractivity contribution in [3.8, 4) is 0 Å². The minimum atomic E-state index is 0.446. The molecule has 0 aromatic heterocycles. The molecule has 4 heteroatoms. The normalized spacial score (nSPS) is 18.1. The molecule has 112 valence electrons. The van der Waals surface area contributed by atoms with Crippen molar-refractivity contribution < 1.29 is 4.74 Å². The monoisotopic (exact) mass is 451 g/mol. The highest BCUT2D eigenvalue weighted by Crippen LogP contribution is 2.32. The zero-order valence-corrected chi connectivity index (χ0v) is 15.7. The van der Waals surface area contributed by atoms with Gasteiger partial charge in [-0.3, -0.25) is 0 Å². The number of hydrogen-bond donors (Lipinski definition) is 1. The molecule has 1 aromatic carbocycles. The molecule has 1 N–H and O–H groups in total. The molecule has 1 aliphatic heterocycles. The average molecular weight is 452 g/mol. The van der Waals surface area contributed by atoms with Gasteiger partial charge >= 0.3 is 0 Å². The predicted octanol–water partition coefficient (Wildman–Crippen LogP) is 4.91. The molecule has 2 nitrogen and oxygen atoms in total. The van der Waals surface area contributed by atoms with E-state index >= 15 is 0 Å². The molecule has 1 saturated heterocycles. The number of benzene rings is 1. The molecule has 20 heavy (non-hydrogen) atoms. The van der Waals surface area contributed by atoms with Gasteiger partial charge in [-0.25, -0.2) is 0 Å². The van der Waals surface area contributed by atoms with E-state index in [-0.39, 0.29) is 0 Å². The smallest absolute Gasteiger partial charge is 0.0468 e. The van der Waals surface area contributed by atoms with Gasteiger partial charge in [0, 0.05) is 27.3 Å². The third kappa shape index (κ3) is 4.97. The molecule has 1 aromatic rings. The van der Waals surface area contributed by atoms with Crippen molar-refractivity contribution in [2.24, 2.45) is 5.92 Å². The molecule has 2 rings (SSSR count). The van der Waals surface area contributed by atoms with Crippen LogP contribution in [-0.2, 0) is 4.74 Å². The topological polar surface area (TPSA) is 21.3 Å². The van der Waals surface area contributed by atoms with E-state index in [1.54, 1.807) is 0 Å². The molecule has 0 amide bonds. The summed E-state index contributed by atoms with van der Waals surface area (Å²) in [4.78, 5) is 0. The van der Waals surface area contributed by atoms with Crippen LogP contribution in [0.15, 0.2) is 22.7 Å². The lowest BCUT2D eigenvalue weighted by Crippen LogP contribution is -2.27. The first kappa shape index (κ1) is 16.7. The molecular formula is C16H23BrINO. The summed E-state index contributed by atoms with van der Waals surface area (Å²) in [6.07, 6.45) is 4.78. The van der Waals surface area contributed by atoms with Crippen molar-refractivity contribution in [3.63, 3.8) is 0 Å². The number of nitrogens with one attached hydrogen (secondary N) is 1. The lowest BCUT2D eigenvalue weighted by molar-refractivity contribution is 0.0605. The first-order valence-corrected chi connectivity index (χ1v) is 9.34. The van der Waals surface area contributed by atoms with E-state index in [9.17, 15) is 0 Å². The van der Waals surface area contributed by atoms with Crippen LogP contribution < -0.4 is 5.32 Å². The second-order valence-electron chi connectivity index (χ2n) is 5.46. The molecular weight excluding hydrogens is 429 g/mol. The van der Waals surface area contributed by atoms with Crippen LogP contribution in [0, 0.1) is 9.49 Å². The maximum atomic E-state index is 5.48. The van der Waals surface area contributed by atoms with Crippen LogP contribution in [-0.4, -0.2) is 19.8 Å². The lowest BCUT2D eigenvalue weighted by Gasteiger charge is -2.28. The molecule has 1 atom stereocenters. The summed E-state index contributed by atoms with van der Waals surface area (Å²) in [7, 11) is 0. The lowest BCUT2D eigenvalue weighted by atomic mass is 9.89. The molecule has 0 saturated carbocycles. The van der Waals surface area contributed by atoms with Crippen LogP contribution in [0.25, 0.3) is 0 Å². The van der Waals surface area contributed by atoms with E-state index in [4.69, 9.17) is 4.74 Å². The Morgan fingerprint density at radius 1 is 1.40 bits per heavy atom. The summed E-state index contributed by atoms with van der Waals surface area (Å²) in [5, 5.41) is 3.73. The quantitative estimate of drug-likeness (QED) is 0.620. The second-order valence-corrected chi connectivity index (χ2v) is 7.56. The van der Waals surface area contributed by atoms with Gasteiger partial charge in [-0.05, 0) is 84.5 Å². The summed E-state index contributed by atoms with van der Waals surface area (Å²) < 4.78 is 8.00. The molecule has 1 heterocycles. The van der Waals surface area contributed by atoms with Gasteiger partial charge in [-0.15, -0.1) is 0 Å². The van der Waals surface area contributed by atoms with E-state index in [1.165, 1.54) is 39.3 Å². The minimum absolute atomic E-state index is 0.446. The Balaban J connectivity index is 2.10. The van der Waals surface area contributed by atoms with Crippen LogP contribution >= 0.6 is 38.5 Å². The minimum Gasteiger partial charge on any atom is -0.381 e. The van der Waals surface area contributed by atoms with Crippen LogP contribution in [0.2, 0.25) is 0 Å². The van der Waals surface area contributed by atoms with E-state index in [2.05, 4.69) is 69.0 Å². The molecule has 0 radical (unpaired) electrons. The van der Waals surface area contributed by atoms with Crippen LogP contribution in [0.5, 0.6) is 0 Å². The second kappa shape index (κ2) is 8.71. The highest BCUT2D eigenvalue weighted by molar-refractivity contribution is 14.1. The molecule has 1 unspecified atom stereocenters. The van der Waals surface area contributed by atoms with Gasteiger partial charge in [0.25, 0.3) is 0 Å². The number of halogens is 2. The van der Waals surface area contributed by atoms with Crippen molar-refractivity contribution >= 4 is 38.5 Å². The Kier molecular flexibility index (Phi) is 7.28. The summed E-state index contributed by atoms with van der Waals surface area (Å²) in [5.74, 6) is 0.780. The largest absolute Gasteiger partial charge is 0.381 e. The summed E-state index contributed by atoms with van der Waals surface area (Å²) >= 11 is 6.12. The van der Waals surface area contributed by atoms with E-state index in [0.717, 1.165) is 25.7 Å². The Morgan fingerprint density at radius 2 is 2.15 bits per heavy atom. The Hall–Kier alpha value is 0.350. The van der Waals surface area contributed by atoms with Crippen molar-refractivity contribution in [2.75, 3.05) is 19.8 Å². The fourth-order valence-corrected chi connectivity index (χ4v) is 3.77. The van der Waals surface area contributed by atoms with Crippen molar-refractivity contribution in [3.05, 3.63) is 31.8 Å². The predicted molar refractivity (Wildman–Crippen MR) is 96.1 cm³/mol. The third-order valence-corrected chi connectivity index (χ3v) is 5.28. The fraction of sp³-hybridized carbons (Fsp3) is 0.625. The number of ether oxygens (including phenoxy) is 1. The average Bonchev–Trinajstić information content (AvgIpc) is 2.47. The Labute approximate surface area is 144 Å². The summed E-state index contributed by atoms with van der Waals surface area (Å²) in [6.45, 7) is 5.16. The first-order chi connectivity index (χ1) is 9.70. The Morgan fingerprint density at radius 3 is 2.85 bits per heavy atom. The highest BCUT2D eigenvalue weighted by atomic mass is 127. The van der Waals surface area contributed by atoms with Gasteiger partial charge in [0.15, 0.2) is 0 Å². The molecule has 1 aliphatic rings. The van der Waals surface area contributed by atoms with E-state index in [1.807, 2.05) is 0 Å². The van der Waals surface area contributed by atoms with Crippen molar-refractivity contribution in [1.82, 2.24) is 5.32 Å². The van der Waals surface area contributed by atoms with Crippen LogP contribution in [0.1, 0.15) is 44.2 Å². The molecule has 0 aliphatic carbocycles. The number of hydrogen-bond acceptors (Lipinski definition) is 2. The maximum Gasteiger partial charge on any atom is 0.0468 e. The van der Waals surface area contributed by atoms with Gasteiger partial charge < -0.3 is 10.1 Å². The summed E-state index contributed by atoms with van der Waals surface area (Å²) in [5.41, 5.74) is 1.40. The molecule has 0 bridgehead atoms. The van der Waals surface area contributed by atoms with Crippen LogP contribution in [0.3, 0.4) is 0 Å². The van der Waals surface area contributed by atoms with Crippen LogP contribution in [0.4, 0.5) is 0 Å². The van der Waals surface area contributed by atoms with Gasteiger partial charge in [0.1, 0.15) is 0 Å². The van der Waals surface area contributed by atoms with Gasteiger partial charge in [-0.1, -0.05) is 22.9 Å². The third-order valence-electron chi connectivity index (χ3n) is 3.88. The number of rotatable bonds is 6. The van der Waals surface area contributed by atoms with Gasteiger partial charge in [-0.2, -0.15) is 0 Å². The summed E-state index contributed by atoms with van der Waals surface area (Å²) in [6, 6.07) is 7.07. The van der Waals surface area contributed by atoms with Gasteiger partial charge in [0.05, 0.1) is 0 Å². The molecule has 0 spiro atoms. The molecule has 1 fully saturated rings. The van der Waals surface area contributed by atoms with Gasteiger partial charge in [0.2, 0.25) is 0 Å². The maximum absolute atomic E-state index is 5.48.